The molecule has 0 atom stereocenters. The van der Waals surface area contributed by atoms with Crippen LogP contribution in [0.1, 0.15) is 31.2 Å². The summed E-state index contributed by atoms with van der Waals surface area (Å²) in [6, 6.07) is 8.17. The molecule has 1 heterocycles. The molecule has 0 bridgehead atoms. The van der Waals surface area contributed by atoms with Gasteiger partial charge in [0.05, 0.1) is 27.7 Å². The van der Waals surface area contributed by atoms with Gasteiger partial charge in [-0.25, -0.2) is 8.42 Å². The molecule has 0 aliphatic heterocycles. The van der Waals surface area contributed by atoms with Gasteiger partial charge in [-0.05, 0) is 32.4 Å². The number of anilines is 1. The fourth-order valence-corrected chi connectivity index (χ4v) is 3.74. The van der Waals surface area contributed by atoms with Gasteiger partial charge >= 0.3 is 0 Å². The average Bonchev–Trinajstić information content (AvgIpc) is 2.82. The summed E-state index contributed by atoms with van der Waals surface area (Å²) in [5.41, 5.74) is 2.29. The summed E-state index contributed by atoms with van der Waals surface area (Å²) in [6.07, 6.45) is 0.861. The summed E-state index contributed by atoms with van der Waals surface area (Å²) in [6.45, 7) is 6.57. The van der Waals surface area contributed by atoms with E-state index >= 15 is 0 Å². The summed E-state index contributed by atoms with van der Waals surface area (Å²) in [5, 5.41) is 7.19. The Hall–Kier alpha value is -2.15. The average molecular weight is 349 g/mol. The second kappa shape index (κ2) is 7.61. The summed E-state index contributed by atoms with van der Waals surface area (Å²) in [5.74, 6) is -0.541. The zero-order chi connectivity index (χ0) is 17.7. The van der Waals surface area contributed by atoms with Crippen molar-refractivity contribution in [3.63, 3.8) is 0 Å². The van der Waals surface area contributed by atoms with Crippen molar-refractivity contribution >= 4 is 21.4 Å². The molecule has 1 aromatic heterocycles. The van der Waals surface area contributed by atoms with Gasteiger partial charge in [0.25, 0.3) is 0 Å². The first-order valence-electron chi connectivity index (χ1n) is 7.97. The highest BCUT2D eigenvalue weighted by molar-refractivity contribution is 7.91. The first kappa shape index (κ1) is 18.2. The van der Waals surface area contributed by atoms with E-state index in [1.165, 1.54) is 12.1 Å². The first-order chi connectivity index (χ1) is 11.3. The van der Waals surface area contributed by atoms with E-state index in [-0.39, 0.29) is 23.0 Å². The molecule has 0 unspecified atom stereocenters. The van der Waals surface area contributed by atoms with Crippen molar-refractivity contribution in [1.29, 1.82) is 0 Å². The number of aryl methyl sites for hydroxylation is 2. The Morgan fingerprint density at radius 3 is 2.50 bits per heavy atom. The number of rotatable bonds is 7. The molecule has 24 heavy (non-hydrogen) atoms. The Labute approximate surface area is 142 Å². The normalized spacial score (nSPS) is 11.5. The smallest absolute Gasteiger partial charge is 0.225 e. The van der Waals surface area contributed by atoms with Gasteiger partial charge in [-0.15, -0.1) is 0 Å². The van der Waals surface area contributed by atoms with E-state index in [1.54, 1.807) is 18.2 Å². The van der Waals surface area contributed by atoms with Crippen LogP contribution in [0.15, 0.2) is 35.2 Å². The van der Waals surface area contributed by atoms with Crippen molar-refractivity contribution in [2.45, 2.75) is 45.1 Å². The number of carbonyl (C=O) groups is 1. The standard InChI is InChI=1S/C17H23N3O3S/c1-4-11-20-14(3)17(13(2)19-20)18-16(21)10-12-24(22,23)15-8-6-5-7-9-15/h5-9H,4,10-12H2,1-3H3,(H,18,21). The first-order valence-corrected chi connectivity index (χ1v) is 9.62. The predicted octanol–water partition coefficient (Wildman–Crippen LogP) is 2.71. The van der Waals surface area contributed by atoms with Crippen LogP contribution in [0.4, 0.5) is 5.69 Å². The van der Waals surface area contributed by atoms with Crippen LogP contribution >= 0.6 is 0 Å². The SMILES string of the molecule is CCCn1nc(C)c(NC(=O)CCS(=O)(=O)c2ccccc2)c1C. The van der Waals surface area contributed by atoms with Gasteiger partial charge in [-0.2, -0.15) is 5.10 Å². The number of benzene rings is 1. The van der Waals surface area contributed by atoms with Gasteiger partial charge in [-0.3, -0.25) is 9.48 Å². The minimum atomic E-state index is -3.45. The lowest BCUT2D eigenvalue weighted by Crippen LogP contribution is -2.18. The van der Waals surface area contributed by atoms with Gasteiger partial charge in [0.15, 0.2) is 9.84 Å². The van der Waals surface area contributed by atoms with Crippen molar-refractivity contribution in [3.8, 4) is 0 Å². The fraction of sp³-hybridized carbons (Fsp3) is 0.412. The minimum absolute atomic E-state index is 0.0882. The Morgan fingerprint density at radius 2 is 1.88 bits per heavy atom. The zero-order valence-corrected chi connectivity index (χ0v) is 15.1. The maximum absolute atomic E-state index is 12.2. The number of nitrogens with one attached hydrogen (secondary N) is 1. The van der Waals surface area contributed by atoms with Crippen LogP contribution in [0.2, 0.25) is 0 Å². The largest absolute Gasteiger partial charge is 0.323 e. The molecule has 1 N–H and O–H groups in total. The third kappa shape index (κ3) is 4.23. The van der Waals surface area contributed by atoms with Crippen LogP contribution in [0, 0.1) is 13.8 Å². The molecule has 0 aliphatic carbocycles. The lowest BCUT2D eigenvalue weighted by molar-refractivity contribution is -0.115. The third-order valence-electron chi connectivity index (χ3n) is 3.78. The molecule has 1 aromatic carbocycles. The van der Waals surface area contributed by atoms with Gasteiger partial charge < -0.3 is 5.32 Å². The molecule has 0 spiro atoms. The van der Waals surface area contributed by atoms with Crippen molar-refractivity contribution in [2.75, 3.05) is 11.1 Å². The summed E-state index contributed by atoms with van der Waals surface area (Å²) in [7, 11) is -3.45. The summed E-state index contributed by atoms with van der Waals surface area (Å²) < 4.78 is 26.3. The Morgan fingerprint density at radius 1 is 1.21 bits per heavy atom. The molecule has 7 heteroatoms. The van der Waals surface area contributed by atoms with E-state index in [0.717, 1.165) is 24.4 Å². The molecule has 0 radical (unpaired) electrons. The van der Waals surface area contributed by atoms with E-state index in [1.807, 2.05) is 18.5 Å². The van der Waals surface area contributed by atoms with Crippen LogP contribution in [0.25, 0.3) is 0 Å². The number of aromatic nitrogens is 2. The number of carbonyl (C=O) groups excluding carboxylic acids is 1. The quantitative estimate of drug-likeness (QED) is 0.833. The zero-order valence-electron chi connectivity index (χ0n) is 14.2. The van der Waals surface area contributed by atoms with Crippen LogP contribution in [-0.2, 0) is 21.2 Å². The van der Waals surface area contributed by atoms with E-state index in [0.29, 0.717) is 5.69 Å². The second-order valence-corrected chi connectivity index (χ2v) is 7.81. The van der Waals surface area contributed by atoms with Crippen LogP contribution < -0.4 is 5.32 Å². The fourth-order valence-electron chi connectivity index (χ4n) is 2.48. The lowest BCUT2D eigenvalue weighted by atomic mass is 10.3. The molecule has 0 saturated carbocycles. The summed E-state index contributed by atoms with van der Waals surface area (Å²) >= 11 is 0. The highest BCUT2D eigenvalue weighted by atomic mass is 32.2. The molecule has 2 rings (SSSR count). The molecule has 1 amide bonds. The van der Waals surface area contributed by atoms with Crippen LogP contribution in [0.3, 0.4) is 0 Å². The Bertz CT molecular complexity index is 811. The van der Waals surface area contributed by atoms with Gasteiger partial charge in [0, 0.05) is 13.0 Å². The van der Waals surface area contributed by atoms with Gasteiger partial charge in [-0.1, -0.05) is 25.1 Å². The van der Waals surface area contributed by atoms with Crippen LogP contribution in [-0.4, -0.2) is 29.9 Å². The number of nitrogens with zero attached hydrogens (tertiary/aromatic N) is 2. The molecule has 0 fully saturated rings. The molecular formula is C17H23N3O3S. The van der Waals surface area contributed by atoms with E-state index in [9.17, 15) is 13.2 Å². The number of hydrogen-bond acceptors (Lipinski definition) is 4. The number of hydrogen-bond donors (Lipinski definition) is 1. The summed E-state index contributed by atoms with van der Waals surface area (Å²) in [4.78, 5) is 12.4. The van der Waals surface area contributed by atoms with E-state index in [2.05, 4.69) is 17.3 Å². The third-order valence-corrected chi connectivity index (χ3v) is 5.51. The highest BCUT2D eigenvalue weighted by Gasteiger charge is 2.18. The topological polar surface area (TPSA) is 81.1 Å². The Balaban J connectivity index is 2.02. The van der Waals surface area contributed by atoms with Crippen molar-refractivity contribution in [1.82, 2.24) is 9.78 Å². The Kier molecular flexibility index (Phi) is 5.77. The maximum Gasteiger partial charge on any atom is 0.225 e. The molecule has 130 valence electrons. The maximum atomic E-state index is 12.2. The number of sulfone groups is 1. The van der Waals surface area contributed by atoms with Gasteiger partial charge in [0.2, 0.25) is 5.91 Å². The van der Waals surface area contributed by atoms with Crippen molar-refractivity contribution < 1.29 is 13.2 Å². The monoisotopic (exact) mass is 349 g/mol. The number of amides is 1. The molecule has 2 aromatic rings. The van der Waals surface area contributed by atoms with Crippen molar-refractivity contribution in [3.05, 3.63) is 41.7 Å². The van der Waals surface area contributed by atoms with Crippen LogP contribution in [0.5, 0.6) is 0 Å². The minimum Gasteiger partial charge on any atom is -0.323 e. The second-order valence-electron chi connectivity index (χ2n) is 5.70. The molecule has 6 nitrogen and oxygen atoms in total. The molecule has 0 aliphatic rings. The molecular weight excluding hydrogens is 326 g/mol. The predicted molar refractivity (Wildman–Crippen MR) is 93.7 cm³/mol. The van der Waals surface area contributed by atoms with Gasteiger partial charge in [0.1, 0.15) is 0 Å². The highest BCUT2D eigenvalue weighted by Crippen LogP contribution is 2.20. The van der Waals surface area contributed by atoms with E-state index in [4.69, 9.17) is 0 Å². The van der Waals surface area contributed by atoms with E-state index < -0.39 is 9.84 Å². The molecule has 0 saturated heterocycles. The lowest BCUT2D eigenvalue weighted by Gasteiger charge is -2.07. The van der Waals surface area contributed by atoms with Crippen molar-refractivity contribution in [2.24, 2.45) is 0 Å².